The highest BCUT2D eigenvalue weighted by Gasteiger charge is 2.03. The third kappa shape index (κ3) is 2.26. The van der Waals surface area contributed by atoms with Gasteiger partial charge in [-0.05, 0) is 13.3 Å². The molecular formula is C9H16N3. The minimum atomic E-state index is 1.02. The van der Waals surface area contributed by atoms with E-state index in [1.165, 1.54) is 12.8 Å². The Hall–Kier alpha value is -0.990. The Morgan fingerprint density at radius 1 is 1.58 bits per heavy atom. The molecule has 0 aliphatic heterocycles. The molecule has 1 aromatic rings. The van der Waals surface area contributed by atoms with Crippen molar-refractivity contribution in [3.63, 3.8) is 0 Å². The molecule has 0 aliphatic rings. The lowest BCUT2D eigenvalue weighted by atomic mass is 10.3. The number of aromatic amines is 1. The number of H-pyrrole nitrogens is 1. The van der Waals surface area contributed by atoms with Gasteiger partial charge < -0.3 is 4.90 Å². The van der Waals surface area contributed by atoms with E-state index in [4.69, 9.17) is 0 Å². The van der Waals surface area contributed by atoms with E-state index < -0.39 is 0 Å². The van der Waals surface area contributed by atoms with Gasteiger partial charge in [-0.25, -0.2) is 0 Å². The van der Waals surface area contributed by atoms with Crippen LogP contribution in [0.25, 0.3) is 0 Å². The SMILES string of the molecule is CCCCN(CC)c1[c]n[nH]c1. The zero-order valence-electron chi connectivity index (χ0n) is 7.80. The molecule has 1 aromatic heterocycles. The van der Waals surface area contributed by atoms with Gasteiger partial charge in [0.25, 0.3) is 0 Å². The summed E-state index contributed by atoms with van der Waals surface area (Å²) in [6, 6.07) is 0. The molecule has 0 saturated heterocycles. The Morgan fingerprint density at radius 2 is 2.42 bits per heavy atom. The van der Waals surface area contributed by atoms with Gasteiger partial charge in [0.2, 0.25) is 0 Å². The molecular weight excluding hydrogens is 150 g/mol. The van der Waals surface area contributed by atoms with Crippen LogP contribution in [-0.4, -0.2) is 23.3 Å². The highest BCUT2D eigenvalue weighted by Crippen LogP contribution is 2.10. The smallest absolute Gasteiger partial charge is 0.138 e. The zero-order valence-corrected chi connectivity index (χ0v) is 7.80. The van der Waals surface area contributed by atoms with E-state index in [9.17, 15) is 0 Å². The van der Waals surface area contributed by atoms with Crippen LogP contribution in [0.15, 0.2) is 6.20 Å². The largest absolute Gasteiger partial charge is 0.369 e. The van der Waals surface area contributed by atoms with Crippen molar-refractivity contribution in [2.24, 2.45) is 0 Å². The summed E-state index contributed by atoms with van der Waals surface area (Å²) in [5, 5.41) is 6.58. The van der Waals surface area contributed by atoms with E-state index >= 15 is 0 Å². The van der Waals surface area contributed by atoms with Gasteiger partial charge >= 0.3 is 0 Å². The van der Waals surface area contributed by atoms with Crippen molar-refractivity contribution in [1.82, 2.24) is 10.2 Å². The van der Waals surface area contributed by atoms with Crippen LogP contribution < -0.4 is 4.90 Å². The highest BCUT2D eigenvalue weighted by molar-refractivity contribution is 5.40. The number of unbranched alkanes of at least 4 members (excludes halogenated alkanes) is 1. The molecule has 0 unspecified atom stereocenters. The number of rotatable bonds is 5. The lowest BCUT2D eigenvalue weighted by molar-refractivity contribution is 0.732. The minimum absolute atomic E-state index is 1.02. The summed E-state index contributed by atoms with van der Waals surface area (Å²) in [7, 11) is 0. The van der Waals surface area contributed by atoms with Crippen molar-refractivity contribution in [2.45, 2.75) is 26.7 Å². The average molecular weight is 166 g/mol. The summed E-state index contributed by atoms with van der Waals surface area (Å²) in [4.78, 5) is 2.27. The first-order valence-corrected chi connectivity index (χ1v) is 4.54. The van der Waals surface area contributed by atoms with E-state index in [0.717, 1.165) is 18.8 Å². The lowest BCUT2D eigenvalue weighted by Gasteiger charge is -2.19. The molecule has 1 radical (unpaired) electrons. The van der Waals surface area contributed by atoms with Gasteiger partial charge in [-0.15, -0.1) is 0 Å². The fourth-order valence-electron chi connectivity index (χ4n) is 1.18. The summed E-state index contributed by atoms with van der Waals surface area (Å²) < 4.78 is 0. The van der Waals surface area contributed by atoms with Gasteiger partial charge in [-0.2, -0.15) is 5.10 Å². The van der Waals surface area contributed by atoms with E-state index in [2.05, 4.69) is 35.1 Å². The predicted molar refractivity (Wildman–Crippen MR) is 50.2 cm³/mol. The molecule has 67 valence electrons. The zero-order chi connectivity index (χ0) is 8.81. The van der Waals surface area contributed by atoms with Gasteiger partial charge in [0.05, 0.1) is 5.69 Å². The van der Waals surface area contributed by atoms with Crippen molar-refractivity contribution in [1.29, 1.82) is 0 Å². The van der Waals surface area contributed by atoms with Gasteiger partial charge in [-0.3, -0.25) is 5.10 Å². The molecule has 0 atom stereocenters. The summed E-state index contributed by atoms with van der Waals surface area (Å²) >= 11 is 0. The van der Waals surface area contributed by atoms with Crippen LogP contribution in [0.3, 0.4) is 0 Å². The summed E-state index contributed by atoms with van der Waals surface area (Å²) in [5.41, 5.74) is 1.07. The number of nitrogens with zero attached hydrogens (tertiary/aromatic N) is 2. The fourth-order valence-corrected chi connectivity index (χ4v) is 1.18. The van der Waals surface area contributed by atoms with Crippen molar-refractivity contribution in [2.75, 3.05) is 18.0 Å². The average Bonchev–Trinajstić information content (AvgIpc) is 2.59. The first kappa shape index (κ1) is 9.10. The first-order chi connectivity index (χ1) is 5.88. The maximum atomic E-state index is 3.81. The Bertz CT molecular complexity index is 194. The van der Waals surface area contributed by atoms with Crippen LogP contribution in [0.2, 0.25) is 0 Å². The molecule has 0 bridgehead atoms. The maximum absolute atomic E-state index is 3.81. The van der Waals surface area contributed by atoms with Crippen LogP contribution in [0.1, 0.15) is 26.7 Å². The van der Waals surface area contributed by atoms with Gasteiger partial charge in [-0.1, -0.05) is 13.3 Å². The Morgan fingerprint density at radius 3 is 2.92 bits per heavy atom. The second-order valence-electron chi connectivity index (χ2n) is 2.82. The molecule has 1 N–H and O–H groups in total. The van der Waals surface area contributed by atoms with E-state index in [1.54, 1.807) is 0 Å². The van der Waals surface area contributed by atoms with E-state index in [1.807, 2.05) is 6.20 Å². The number of anilines is 1. The number of nitrogens with one attached hydrogen (secondary N) is 1. The van der Waals surface area contributed by atoms with Gasteiger partial charge in [0, 0.05) is 19.3 Å². The first-order valence-electron chi connectivity index (χ1n) is 4.54. The fraction of sp³-hybridized carbons (Fsp3) is 0.667. The van der Waals surface area contributed by atoms with Crippen LogP contribution >= 0.6 is 0 Å². The number of aromatic nitrogens is 2. The van der Waals surface area contributed by atoms with Gasteiger partial charge in [0.15, 0.2) is 0 Å². The van der Waals surface area contributed by atoms with E-state index in [-0.39, 0.29) is 0 Å². The molecule has 0 saturated carbocycles. The number of hydrogen-bond donors (Lipinski definition) is 1. The van der Waals surface area contributed by atoms with Crippen LogP contribution in [-0.2, 0) is 0 Å². The lowest BCUT2D eigenvalue weighted by Crippen LogP contribution is -2.23. The second-order valence-corrected chi connectivity index (χ2v) is 2.82. The molecule has 0 fully saturated rings. The Kier molecular flexibility index (Phi) is 3.64. The highest BCUT2D eigenvalue weighted by atomic mass is 15.2. The van der Waals surface area contributed by atoms with E-state index in [0.29, 0.717) is 0 Å². The molecule has 12 heavy (non-hydrogen) atoms. The summed E-state index contributed by atoms with van der Waals surface area (Å²) in [5.74, 6) is 0. The van der Waals surface area contributed by atoms with Crippen LogP contribution in [0, 0.1) is 6.20 Å². The van der Waals surface area contributed by atoms with Crippen molar-refractivity contribution >= 4 is 5.69 Å². The predicted octanol–water partition coefficient (Wildman–Crippen LogP) is 1.84. The third-order valence-electron chi connectivity index (χ3n) is 1.94. The standard InChI is InChI=1S/C9H16N3/c1-3-5-6-12(4-2)9-7-10-11-8-9/h7H,3-6H2,1-2H3,(H,10,11). The summed E-state index contributed by atoms with van der Waals surface area (Å²) in [6.45, 7) is 6.47. The maximum Gasteiger partial charge on any atom is 0.138 e. The van der Waals surface area contributed by atoms with Crippen LogP contribution in [0.5, 0.6) is 0 Å². The Labute approximate surface area is 73.8 Å². The summed E-state index contributed by atoms with van der Waals surface area (Å²) in [6.07, 6.45) is 7.27. The topological polar surface area (TPSA) is 31.9 Å². The normalized spacial score (nSPS) is 10.2. The molecule has 0 spiro atoms. The molecule has 0 aromatic carbocycles. The molecule has 0 amide bonds. The quantitative estimate of drug-likeness (QED) is 0.723. The molecule has 1 heterocycles. The van der Waals surface area contributed by atoms with Crippen LogP contribution in [0.4, 0.5) is 5.69 Å². The van der Waals surface area contributed by atoms with Crippen molar-refractivity contribution in [3.05, 3.63) is 12.4 Å². The molecule has 1 rings (SSSR count). The molecule has 3 heteroatoms. The Balaban J connectivity index is 2.45. The monoisotopic (exact) mass is 166 g/mol. The number of hydrogen-bond acceptors (Lipinski definition) is 2. The second kappa shape index (κ2) is 4.80. The van der Waals surface area contributed by atoms with Gasteiger partial charge in [0.1, 0.15) is 6.20 Å². The molecule has 3 nitrogen and oxygen atoms in total. The van der Waals surface area contributed by atoms with Crippen molar-refractivity contribution < 1.29 is 0 Å². The molecule has 0 aliphatic carbocycles. The van der Waals surface area contributed by atoms with Crippen molar-refractivity contribution in [3.8, 4) is 0 Å². The third-order valence-corrected chi connectivity index (χ3v) is 1.94. The minimum Gasteiger partial charge on any atom is -0.369 e.